The van der Waals surface area contributed by atoms with Gasteiger partial charge < -0.3 is 10.0 Å². The highest BCUT2D eigenvalue weighted by atomic mass is 19.4. The van der Waals surface area contributed by atoms with Crippen LogP contribution in [0.25, 0.3) is 0 Å². The van der Waals surface area contributed by atoms with Gasteiger partial charge in [0.05, 0.1) is 11.2 Å². The van der Waals surface area contributed by atoms with Crippen molar-refractivity contribution in [3.8, 4) is 0 Å². The van der Waals surface area contributed by atoms with Crippen molar-refractivity contribution in [2.45, 2.75) is 57.7 Å². The van der Waals surface area contributed by atoms with Crippen molar-refractivity contribution in [1.82, 2.24) is 4.90 Å². The minimum absolute atomic E-state index is 0.0603. The molecule has 1 N–H and O–H groups in total. The van der Waals surface area contributed by atoms with Crippen LogP contribution in [-0.2, 0) is 17.4 Å². The lowest BCUT2D eigenvalue weighted by molar-refractivity contribution is -0.171. The molecule has 3 nitrogen and oxygen atoms in total. The van der Waals surface area contributed by atoms with E-state index in [1.54, 1.807) is 13.0 Å². The predicted octanol–water partition coefficient (Wildman–Crippen LogP) is 3.96. The maximum Gasteiger partial charge on any atom is 0.416 e. The second kappa shape index (κ2) is 5.97. The molecule has 1 aromatic carbocycles. The van der Waals surface area contributed by atoms with Gasteiger partial charge in [-0.3, -0.25) is 4.79 Å². The number of likely N-dealkylation sites (tertiary alicyclic amines) is 1. The second-order valence-electron chi connectivity index (χ2n) is 9.43. The molecular weight excluding hydrogens is 355 g/mol. The monoisotopic (exact) mass is 381 g/mol. The van der Waals surface area contributed by atoms with Crippen molar-refractivity contribution in [2.75, 3.05) is 13.1 Å². The summed E-state index contributed by atoms with van der Waals surface area (Å²) in [6.45, 7) is 5.02. The molecule has 3 aliphatic rings. The largest absolute Gasteiger partial charge is 0.416 e. The zero-order chi connectivity index (χ0) is 19.6. The summed E-state index contributed by atoms with van der Waals surface area (Å²) < 4.78 is 39.7. The topological polar surface area (TPSA) is 40.5 Å². The Kier molecular flexibility index (Phi) is 4.15. The van der Waals surface area contributed by atoms with Crippen LogP contribution in [0.5, 0.6) is 0 Å². The lowest BCUT2D eigenvalue weighted by Gasteiger charge is -2.60. The van der Waals surface area contributed by atoms with Crippen LogP contribution in [0, 0.1) is 24.2 Å². The fraction of sp³-hybridized carbons (Fsp3) is 0.667. The molecule has 1 aromatic rings. The van der Waals surface area contributed by atoms with Crippen molar-refractivity contribution >= 4 is 5.91 Å². The highest BCUT2D eigenvalue weighted by molar-refractivity contribution is 5.81. The van der Waals surface area contributed by atoms with E-state index in [1.807, 2.05) is 11.8 Å². The molecule has 0 bridgehead atoms. The molecule has 0 unspecified atom stereocenters. The third-order valence-corrected chi connectivity index (χ3v) is 6.60. The van der Waals surface area contributed by atoms with Crippen LogP contribution < -0.4 is 0 Å². The predicted molar refractivity (Wildman–Crippen MR) is 95.0 cm³/mol. The van der Waals surface area contributed by atoms with Gasteiger partial charge in [-0.1, -0.05) is 17.7 Å². The summed E-state index contributed by atoms with van der Waals surface area (Å²) in [5.41, 5.74) is 0.148. The molecule has 1 aliphatic heterocycles. The van der Waals surface area contributed by atoms with Crippen molar-refractivity contribution in [3.05, 3.63) is 34.9 Å². The highest BCUT2D eigenvalue weighted by Gasteiger charge is 2.55. The van der Waals surface area contributed by atoms with E-state index in [9.17, 15) is 23.1 Å². The molecule has 1 amide bonds. The van der Waals surface area contributed by atoms with Gasteiger partial charge in [0.1, 0.15) is 0 Å². The quantitative estimate of drug-likeness (QED) is 0.861. The minimum atomic E-state index is -4.31. The first-order valence-corrected chi connectivity index (χ1v) is 9.64. The average Bonchev–Trinajstić information content (AvgIpc) is 2.43. The molecule has 1 spiro atoms. The van der Waals surface area contributed by atoms with Gasteiger partial charge >= 0.3 is 6.18 Å². The van der Waals surface area contributed by atoms with Crippen LogP contribution in [0.2, 0.25) is 0 Å². The van der Waals surface area contributed by atoms with E-state index in [0.717, 1.165) is 31.5 Å². The number of hydrogen-bond acceptors (Lipinski definition) is 2. The summed E-state index contributed by atoms with van der Waals surface area (Å²) in [6, 6.07) is 4.37. The highest BCUT2D eigenvalue weighted by Crippen LogP contribution is 2.54. The lowest BCUT2D eigenvalue weighted by atomic mass is 9.56. The first kappa shape index (κ1) is 18.8. The normalized spacial score (nSPS) is 29.9. The first-order valence-electron chi connectivity index (χ1n) is 9.64. The van der Waals surface area contributed by atoms with E-state index < -0.39 is 17.3 Å². The maximum absolute atomic E-state index is 13.2. The first-order chi connectivity index (χ1) is 12.5. The number of nitrogens with zero attached hydrogens (tertiary/aromatic N) is 1. The Balaban J connectivity index is 1.30. The Bertz CT molecular complexity index is 749. The molecule has 6 heteroatoms. The summed E-state index contributed by atoms with van der Waals surface area (Å²) >= 11 is 0. The van der Waals surface area contributed by atoms with Crippen LogP contribution in [-0.4, -0.2) is 34.6 Å². The Labute approximate surface area is 157 Å². The molecule has 4 rings (SSSR count). The van der Waals surface area contributed by atoms with Gasteiger partial charge in [-0.2, -0.15) is 13.2 Å². The molecule has 0 radical (unpaired) electrons. The fourth-order valence-electron chi connectivity index (χ4n) is 5.40. The van der Waals surface area contributed by atoms with Gasteiger partial charge in [0.2, 0.25) is 5.91 Å². The van der Waals surface area contributed by atoms with Crippen molar-refractivity contribution in [2.24, 2.45) is 17.3 Å². The molecule has 0 aromatic heterocycles. The van der Waals surface area contributed by atoms with E-state index in [0.29, 0.717) is 24.8 Å². The van der Waals surface area contributed by atoms with Crippen LogP contribution in [0.4, 0.5) is 13.2 Å². The van der Waals surface area contributed by atoms with Gasteiger partial charge in [0, 0.05) is 24.4 Å². The van der Waals surface area contributed by atoms with E-state index in [4.69, 9.17) is 0 Å². The molecule has 27 heavy (non-hydrogen) atoms. The number of halogens is 3. The average molecular weight is 381 g/mol. The number of carbonyl (C=O) groups excluding carboxylic acids is 1. The Morgan fingerprint density at radius 2 is 1.85 bits per heavy atom. The molecule has 1 heterocycles. The van der Waals surface area contributed by atoms with Crippen LogP contribution in [0.1, 0.15) is 49.3 Å². The van der Waals surface area contributed by atoms with E-state index in [1.165, 1.54) is 12.1 Å². The summed E-state index contributed by atoms with van der Waals surface area (Å²) in [6.07, 6.45) is -1.00. The number of hydrogen-bond donors (Lipinski definition) is 1. The molecule has 0 atom stereocenters. The molecule has 3 fully saturated rings. The minimum Gasteiger partial charge on any atom is -0.390 e. The maximum atomic E-state index is 13.2. The number of rotatable bonds is 3. The third-order valence-electron chi connectivity index (χ3n) is 6.60. The number of aliphatic hydroxyl groups is 1. The number of amides is 1. The summed E-state index contributed by atoms with van der Waals surface area (Å²) in [4.78, 5) is 14.2. The van der Waals surface area contributed by atoms with Crippen molar-refractivity contribution in [3.63, 3.8) is 0 Å². The number of benzene rings is 1. The Morgan fingerprint density at radius 1 is 1.22 bits per heavy atom. The van der Waals surface area contributed by atoms with Crippen LogP contribution >= 0.6 is 0 Å². The SMILES string of the molecule is Cc1ccc(C(F)(F)F)c(CC2CC3(C2)CN(C(=O)C2CC(C)(O)C2)C3)c1. The fourth-order valence-corrected chi connectivity index (χ4v) is 5.40. The Hall–Kier alpha value is -1.56. The van der Waals surface area contributed by atoms with E-state index in [2.05, 4.69) is 0 Å². The van der Waals surface area contributed by atoms with E-state index >= 15 is 0 Å². The second-order valence-corrected chi connectivity index (χ2v) is 9.43. The third kappa shape index (κ3) is 3.48. The standard InChI is InChI=1S/C21H26F3NO2/c1-13-3-4-17(21(22,23)24)15(5-13)6-14-7-20(8-14)11-25(12-20)18(26)16-9-19(2,27)10-16/h3-5,14,16,27H,6-12H2,1-2H3. The van der Waals surface area contributed by atoms with Crippen molar-refractivity contribution < 1.29 is 23.1 Å². The van der Waals surface area contributed by atoms with Crippen LogP contribution in [0.15, 0.2) is 18.2 Å². The molecular formula is C21H26F3NO2. The van der Waals surface area contributed by atoms with Gasteiger partial charge in [-0.15, -0.1) is 0 Å². The van der Waals surface area contributed by atoms with E-state index in [-0.39, 0.29) is 23.2 Å². The number of aryl methyl sites for hydroxylation is 1. The van der Waals surface area contributed by atoms with Crippen molar-refractivity contribution in [1.29, 1.82) is 0 Å². The summed E-state index contributed by atoms with van der Waals surface area (Å²) in [5.74, 6) is 0.332. The smallest absolute Gasteiger partial charge is 0.390 e. The summed E-state index contributed by atoms with van der Waals surface area (Å²) in [5, 5.41) is 9.79. The molecule has 148 valence electrons. The molecule has 2 saturated carbocycles. The number of carbonyl (C=O) groups is 1. The number of alkyl halides is 3. The zero-order valence-electron chi connectivity index (χ0n) is 15.8. The lowest BCUT2D eigenvalue weighted by Crippen LogP contribution is -2.66. The summed E-state index contributed by atoms with van der Waals surface area (Å²) in [7, 11) is 0. The van der Waals surface area contributed by atoms with Gasteiger partial charge in [-0.25, -0.2) is 0 Å². The van der Waals surface area contributed by atoms with Gasteiger partial charge in [0.25, 0.3) is 0 Å². The zero-order valence-corrected chi connectivity index (χ0v) is 15.8. The molecule has 1 saturated heterocycles. The molecule has 2 aliphatic carbocycles. The van der Waals surface area contributed by atoms with Gasteiger partial charge in [0.15, 0.2) is 0 Å². The van der Waals surface area contributed by atoms with Gasteiger partial charge in [-0.05, 0) is 63.5 Å². The Morgan fingerprint density at radius 3 is 2.41 bits per heavy atom. The van der Waals surface area contributed by atoms with Crippen LogP contribution in [0.3, 0.4) is 0 Å².